The van der Waals surface area contributed by atoms with Crippen molar-refractivity contribution in [1.82, 2.24) is 0 Å². The third-order valence-corrected chi connectivity index (χ3v) is 1.79. The highest BCUT2D eigenvalue weighted by molar-refractivity contribution is 5.52. The molecule has 14 heavy (non-hydrogen) atoms. The van der Waals surface area contributed by atoms with Crippen LogP contribution in [0.5, 0.6) is 0 Å². The molecular formula is C12H13O2. The molecule has 0 fully saturated rings. The van der Waals surface area contributed by atoms with Crippen LogP contribution in [0.15, 0.2) is 24.3 Å². The van der Waals surface area contributed by atoms with Gasteiger partial charge in [0.25, 0.3) is 0 Å². The van der Waals surface area contributed by atoms with Crippen LogP contribution in [0.2, 0.25) is 0 Å². The first-order valence-corrected chi connectivity index (χ1v) is 4.46. The maximum atomic E-state index is 9.74. The maximum absolute atomic E-state index is 9.74. The van der Waals surface area contributed by atoms with Crippen molar-refractivity contribution in [3.8, 4) is 0 Å². The summed E-state index contributed by atoms with van der Waals surface area (Å²) < 4.78 is 4.42. The van der Waals surface area contributed by atoms with Crippen LogP contribution in [0.25, 0.3) is 6.08 Å². The van der Waals surface area contributed by atoms with Crippen LogP contribution in [-0.4, -0.2) is 13.1 Å². The second kappa shape index (κ2) is 5.22. The van der Waals surface area contributed by atoms with Crippen LogP contribution in [0.4, 0.5) is 0 Å². The van der Waals surface area contributed by atoms with Gasteiger partial charge in [0, 0.05) is 0 Å². The first kappa shape index (κ1) is 10.5. The predicted molar refractivity (Wildman–Crippen MR) is 56.6 cm³/mol. The number of benzene rings is 1. The van der Waals surface area contributed by atoms with E-state index in [9.17, 15) is 4.79 Å². The van der Waals surface area contributed by atoms with Crippen molar-refractivity contribution in [3.05, 3.63) is 41.0 Å². The minimum atomic E-state index is 0.274. The Balaban J connectivity index is 2.66. The van der Waals surface area contributed by atoms with E-state index in [1.165, 1.54) is 17.6 Å². The summed E-state index contributed by atoms with van der Waals surface area (Å²) in [6.07, 6.45) is 3.72. The van der Waals surface area contributed by atoms with Gasteiger partial charge in [0.05, 0.1) is 0 Å². The summed E-state index contributed by atoms with van der Waals surface area (Å²) in [5.74, 6) is 0. The van der Waals surface area contributed by atoms with Crippen LogP contribution in [0, 0.1) is 13.8 Å². The molecule has 0 aromatic heterocycles. The van der Waals surface area contributed by atoms with Gasteiger partial charge in [-0.25, -0.2) is 4.79 Å². The second-order valence-corrected chi connectivity index (χ2v) is 3.22. The molecule has 0 saturated carbocycles. The number of aryl methyl sites for hydroxylation is 2. The van der Waals surface area contributed by atoms with Gasteiger partial charge in [-0.2, -0.15) is 0 Å². The van der Waals surface area contributed by atoms with E-state index < -0.39 is 0 Å². The third kappa shape index (κ3) is 3.44. The smallest absolute Gasteiger partial charge is 0.417 e. The molecule has 0 atom stereocenters. The molecular weight excluding hydrogens is 176 g/mol. The lowest BCUT2D eigenvalue weighted by molar-refractivity contribution is 0.314. The lowest BCUT2D eigenvalue weighted by Crippen LogP contribution is -1.86. The zero-order valence-electron chi connectivity index (χ0n) is 8.41. The zero-order chi connectivity index (χ0) is 10.4. The quantitative estimate of drug-likeness (QED) is 0.680. The summed E-state index contributed by atoms with van der Waals surface area (Å²) >= 11 is 0. The molecule has 0 bridgehead atoms. The fourth-order valence-electron chi connectivity index (χ4n) is 1.37. The summed E-state index contributed by atoms with van der Waals surface area (Å²) in [4.78, 5) is 9.74. The SMILES string of the molecule is Cc1cc(C)cc(/C=C/CO[C]=O)c1. The molecule has 0 spiro atoms. The van der Waals surface area contributed by atoms with Crippen molar-refractivity contribution < 1.29 is 9.53 Å². The fraction of sp³-hybridized carbons (Fsp3) is 0.250. The number of rotatable bonds is 4. The molecule has 2 heteroatoms. The van der Waals surface area contributed by atoms with E-state index in [0.717, 1.165) is 5.56 Å². The summed E-state index contributed by atoms with van der Waals surface area (Å²) in [6, 6.07) is 6.27. The molecule has 0 N–H and O–H groups in total. The number of hydrogen-bond donors (Lipinski definition) is 0. The average Bonchev–Trinajstić information content (AvgIpc) is 2.11. The van der Waals surface area contributed by atoms with E-state index in [4.69, 9.17) is 0 Å². The Hall–Kier alpha value is -1.57. The minimum Gasteiger partial charge on any atom is -0.453 e. The monoisotopic (exact) mass is 189 g/mol. The molecule has 0 heterocycles. The first-order chi connectivity index (χ1) is 6.72. The van der Waals surface area contributed by atoms with Crippen molar-refractivity contribution >= 4 is 12.5 Å². The summed E-state index contributed by atoms with van der Waals surface area (Å²) in [6.45, 7) is 5.76. The zero-order valence-corrected chi connectivity index (χ0v) is 8.41. The lowest BCUT2D eigenvalue weighted by Gasteiger charge is -1.99. The van der Waals surface area contributed by atoms with Gasteiger partial charge in [0.15, 0.2) is 0 Å². The third-order valence-electron chi connectivity index (χ3n) is 1.79. The van der Waals surface area contributed by atoms with E-state index in [1.807, 2.05) is 6.08 Å². The Kier molecular flexibility index (Phi) is 3.92. The average molecular weight is 189 g/mol. The standard InChI is InChI=1S/C12H13O2/c1-10-6-11(2)8-12(7-10)4-3-5-14-9-13/h3-4,6-8H,5H2,1-2H3/b4-3+. The number of carbonyl (C=O) groups excluding carboxylic acids is 1. The van der Waals surface area contributed by atoms with Crippen LogP contribution >= 0.6 is 0 Å². The van der Waals surface area contributed by atoms with Gasteiger partial charge < -0.3 is 4.74 Å². The highest BCUT2D eigenvalue weighted by atomic mass is 16.5. The van der Waals surface area contributed by atoms with Crippen LogP contribution < -0.4 is 0 Å². The molecule has 1 rings (SSSR count). The van der Waals surface area contributed by atoms with Crippen LogP contribution in [0.1, 0.15) is 16.7 Å². The Morgan fingerprint density at radius 1 is 1.29 bits per heavy atom. The van der Waals surface area contributed by atoms with Crippen molar-refractivity contribution in [3.63, 3.8) is 0 Å². The van der Waals surface area contributed by atoms with Crippen molar-refractivity contribution in [2.45, 2.75) is 13.8 Å². The molecule has 1 radical (unpaired) electrons. The Bertz CT molecular complexity index is 320. The van der Waals surface area contributed by atoms with E-state index in [0.29, 0.717) is 0 Å². The van der Waals surface area contributed by atoms with E-state index in [2.05, 4.69) is 36.8 Å². The summed E-state index contributed by atoms with van der Waals surface area (Å²) in [5.41, 5.74) is 3.58. The molecule has 0 aliphatic rings. The first-order valence-electron chi connectivity index (χ1n) is 4.46. The van der Waals surface area contributed by atoms with Crippen molar-refractivity contribution in [2.75, 3.05) is 6.61 Å². The molecule has 0 unspecified atom stereocenters. The minimum absolute atomic E-state index is 0.274. The van der Waals surface area contributed by atoms with E-state index in [1.54, 1.807) is 6.08 Å². The van der Waals surface area contributed by atoms with Gasteiger partial charge in [-0.15, -0.1) is 0 Å². The normalized spacial score (nSPS) is 10.4. The van der Waals surface area contributed by atoms with Crippen LogP contribution in [0.3, 0.4) is 0 Å². The molecule has 0 aliphatic carbocycles. The highest BCUT2D eigenvalue weighted by Gasteiger charge is 1.91. The fourth-order valence-corrected chi connectivity index (χ4v) is 1.37. The predicted octanol–water partition coefficient (Wildman–Crippen LogP) is 2.40. The highest BCUT2D eigenvalue weighted by Crippen LogP contribution is 2.10. The molecule has 1 aromatic rings. The van der Waals surface area contributed by atoms with Crippen molar-refractivity contribution in [2.24, 2.45) is 0 Å². The van der Waals surface area contributed by atoms with Gasteiger partial charge in [-0.05, 0) is 25.5 Å². The van der Waals surface area contributed by atoms with Gasteiger partial charge >= 0.3 is 6.47 Å². The van der Waals surface area contributed by atoms with Gasteiger partial charge in [0.1, 0.15) is 6.61 Å². The van der Waals surface area contributed by atoms with Crippen molar-refractivity contribution in [1.29, 1.82) is 0 Å². The maximum Gasteiger partial charge on any atom is 0.417 e. The molecule has 0 aliphatic heterocycles. The summed E-state index contributed by atoms with van der Waals surface area (Å²) in [5, 5.41) is 0. The number of hydrogen-bond acceptors (Lipinski definition) is 2. The molecule has 0 amide bonds. The number of ether oxygens (including phenoxy) is 1. The topological polar surface area (TPSA) is 26.3 Å². The second-order valence-electron chi connectivity index (χ2n) is 3.22. The molecule has 0 saturated heterocycles. The Morgan fingerprint density at radius 2 is 1.93 bits per heavy atom. The molecule has 73 valence electrons. The largest absolute Gasteiger partial charge is 0.453 e. The Morgan fingerprint density at radius 3 is 2.50 bits per heavy atom. The molecule has 1 aromatic carbocycles. The van der Waals surface area contributed by atoms with Crippen LogP contribution in [-0.2, 0) is 9.53 Å². The Labute approximate surface area is 84.2 Å². The van der Waals surface area contributed by atoms with E-state index in [-0.39, 0.29) is 6.61 Å². The van der Waals surface area contributed by atoms with Gasteiger partial charge in [0.2, 0.25) is 0 Å². The van der Waals surface area contributed by atoms with Gasteiger partial charge in [-0.1, -0.05) is 35.4 Å². The molecule has 2 nitrogen and oxygen atoms in total. The summed E-state index contributed by atoms with van der Waals surface area (Å²) in [7, 11) is 0. The van der Waals surface area contributed by atoms with E-state index >= 15 is 0 Å². The lowest BCUT2D eigenvalue weighted by atomic mass is 10.1. The van der Waals surface area contributed by atoms with Gasteiger partial charge in [-0.3, -0.25) is 0 Å².